The summed E-state index contributed by atoms with van der Waals surface area (Å²) in [5, 5.41) is 7.59. The van der Waals surface area contributed by atoms with Gasteiger partial charge >= 0.3 is 0 Å². The summed E-state index contributed by atoms with van der Waals surface area (Å²) in [5.41, 5.74) is 0. The Hall–Kier alpha value is -0.640. The van der Waals surface area contributed by atoms with E-state index in [1.54, 1.807) is 6.07 Å². The number of nitrogens with one attached hydrogen (secondary N) is 1. The second kappa shape index (κ2) is 5.62. The largest absolute Gasteiger partial charge is 0.303 e. The summed E-state index contributed by atoms with van der Waals surface area (Å²) in [4.78, 5) is 2.30. The van der Waals surface area contributed by atoms with Crippen LogP contribution in [-0.4, -0.2) is 44.7 Å². The molecule has 1 rings (SSSR count). The molecule has 0 aromatic heterocycles. The van der Waals surface area contributed by atoms with Crippen LogP contribution in [0, 0.1) is 17.2 Å². The van der Waals surface area contributed by atoms with Crippen LogP contribution in [-0.2, 0) is 10.0 Å². The molecule has 0 aliphatic carbocycles. The number of rotatable bonds is 5. The van der Waals surface area contributed by atoms with Crippen molar-refractivity contribution in [1.82, 2.24) is 9.62 Å². The fourth-order valence-electron chi connectivity index (χ4n) is 1.80. The maximum Gasteiger partial charge on any atom is 0.227 e. The van der Waals surface area contributed by atoms with Crippen LogP contribution in [0.1, 0.15) is 20.3 Å². The van der Waals surface area contributed by atoms with Crippen LogP contribution < -0.4 is 4.72 Å². The van der Waals surface area contributed by atoms with Gasteiger partial charge in [-0.3, -0.25) is 0 Å². The topological polar surface area (TPSA) is 73.2 Å². The normalized spacial score (nSPS) is 24.2. The molecule has 1 fully saturated rings. The van der Waals surface area contributed by atoms with Gasteiger partial charge in [-0.1, -0.05) is 6.92 Å². The van der Waals surface area contributed by atoms with E-state index in [1.807, 2.05) is 0 Å². The Balaban J connectivity index is 2.39. The Morgan fingerprint density at radius 1 is 1.62 bits per heavy atom. The number of nitriles is 1. The minimum Gasteiger partial charge on any atom is -0.303 e. The highest BCUT2D eigenvalue weighted by Crippen LogP contribution is 2.15. The van der Waals surface area contributed by atoms with Crippen molar-refractivity contribution < 1.29 is 8.42 Å². The highest BCUT2D eigenvalue weighted by molar-refractivity contribution is 7.90. The first-order valence-corrected chi connectivity index (χ1v) is 7.14. The molecule has 2 atom stereocenters. The molecule has 2 unspecified atom stereocenters. The van der Waals surface area contributed by atoms with Gasteiger partial charge in [-0.25, -0.2) is 13.1 Å². The van der Waals surface area contributed by atoms with Crippen molar-refractivity contribution >= 4 is 10.0 Å². The average molecular weight is 245 g/mol. The lowest BCUT2D eigenvalue weighted by molar-refractivity contribution is 0.342. The number of hydrogen-bond acceptors (Lipinski definition) is 4. The van der Waals surface area contributed by atoms with Crippen molar-refractivity contribution in [2.45, 2.75) is 25.5 Å². The van der Waals surface area contributed by atoms with Crippen LogP contribution in [0.4, 0.5) is 0 Å². The molecule has 0 aromatic carbocycles. The van der Waals surface area contributed by atoms with Crippen molar-refractivity contribution in [1.29, 1.82) is 5.26 Å². The van der Waals surface area contributed by atoms with Crippen LogP contribution in [0.25, 0.3) is 0 Å². The summed E-state index contributed by atoms with van der Waals surface area (Å²) in [5.74, 6) is 0.376. The Morgan fingerprint density at radius 2 is 2.31 bits per heavy atom. The maximum absolute atomic E-state index is 11.5. The third kappa shape index (κ3) is 3.44. The van der Waals surface area contributed by atoms with Gasteiger partial charge in [-0.2, -0.15) is 5.26 Å². The van der Waals surface area contributed by atoms with E-state index in [1.165, 1.54) is 6.92 Å². The lowest BCUT2D eigenvalue weighted by Crippen LogP contribution is -2.36. The van der Waals surface area contributed by atoms with Crippen LogP contribution in [0.15, 0.2) is 0 Å². The average Bonchev–Trinajstić information content (AvgIpc) is 2.73. The molecule has 0 radical (unpaired) electrons. The number of hydrogen-bond donors (Lipinski definition) is 1. The minimum atomic E-state index is -3.45. The zero-order valence-corrected chi connectivity index (χ0v) is 10.6. The van der Waals surface area contributed by atoms with Gasteiger partial charge in [0.25, 0.3) is 0 Å². The highest BCUT2D eigenvalue weighted by Gasteiger charge is 2.25. The van der Waals surface area contributed by atoms with Crippen LogP contribution in [0.2, 0.25) is 0 Å². The molecule has 0 aromatic rings. The second-order valence-corrected chi connectivity index (χ2v) is 6.30. The van der Waals surface area contributed by atoms with Crippen LogP contribution >= 0.6 is 0 Å². The lowest BCUT2D eigenvalue weighted by Gasteiger charge is -2.14. The van der Waals surface area contributed by atoms with Crippen LogP contribution in [0.3, 0.4) is 0 Å². The molecule has 0 amide bonds. The second-order valence-electron chi connectivity index (χ2n) is 4.21. The zero-order valence-electron chi connectivity index (χ0n) is 9.81. The Bertz CT molecular complexity index is 361. The lowest BCUT2D eigenvalue weighted by atomic mass is 10.1. The minimum absolute atomic E-state index is 0.376. The number of likely N-dealkylation sites (tertiary alicyclic amines) is 1. The molecular formula is C10H19N3O2S. The van der Waals surface area contributed by atoms with Crippen molar-refractivity contribution in [3.63, 3.8) is 0 Å². The van der Waals surface area contributed by atoms with E-state index < -0.39 is 15.3 Å². The molecule has 1 aliphatic heterocycles. The molecule has 16 heavy (non-hydrogen) atoms. The molecule has 6 heteroatoms. The summed E-state index contributed by atoms with van der Waals surface area (Å²) in [7, 11) is -3.45. The van der Waals surface area contributed by atoms with Crippen molar-refractivity contribution in [3.8, 4) is 6.07 Å². The van der Waals surface area contributed by atoms with Crippen LogP contribution in [0.5, 0.6) is 0 Å². The maximum atomic E-state index is 11.5. The molecule has 1 saturated heterocycles. The summed E-state index contributed by atoms with van der Waals surface area (Å²) in [6.45, 7) is 6.94. The van der Waals surface area contributed by atoms with E-state index in [-0.39, 0.29) is 0 Å². The third-order valence-corrected chi connectivity index (χ3v) is 4.64. The van der Waals surface area contributed by atoms with E-state index in [0.29, 0.717) is 12.5 Å². The third-order valence-electron chi connectivity index (χ3n) is 3.04. The SMILES string of the molecule is CCN1CCC(CNS(=O)(=O)C(C)C#N)C1. The first kappa shape index (κ1) is 13.4. The molecule has 0 bridgehead atoms. The predicted molar refractivity (Wildman–Crippen MR) is 62.2 cm³/mol. The molecule has 5 nitrogen and oxygen atoms in total. The fourth-order valence-corrected chi connectivity index (χ4v) is 2.65. The highest BCUT2D eigenvalue weighted by atomic mass is 32.2. The van der Waals surface area contributed by atoms with Crippen molar-refractivity contribution in [2.24, 2.45) is 5.92 Å². The van der Waals surface area contributed by atoms with E-state index in [0.717, 1.165) is 26.1 Å². The molecule has 0 saturated carbocycles. The Labute approximate surface area is 97.5 Å². The molecule has 92 valence electrons. The predicted octanol–water partition coefficient (Wildman–Crippen LogP) is 0.160. The Kier molecular flexibility index (Phi) is 4.71. The smallest absolute Gasteiger partial charge is 0.227 e. The summed E-state index contributed by atoms with van der Waals surface area (Å²) >= 11 is 0. The van der Waals surface area contributed by atoms with Gasteiger partial charge in [-0.15, -0.1) is 0 Å². The van der Waals surface area contributed by atoms with E-state index in [4.69, 9.17) is 5.26 Å². The van der Waals surface area contributed by atoms with E-state index in [9.17, 15) is 8.42 Å². The van der Waals surface area contributed by atoms with Gasteiger partial charge in [0.05, 0.1) is 6.07 Å². The Morgan fingerprint density at radius 3 is 2.81 bits per heavy atom. The summed E-state index contributed by atoms with van der Waals surface area (Å²) in [6, 6.07) is 1.74. The zero-order chi connectivity index (χ0) is 12.2. The summed E-state index contributed by atoms with van der Waals surface area (Å²) < 4.78 is 25.6. The number of nitrogens with zero attached hydrogens (tertiary/aromatic N) is 2. The summed E-state index contributed by atoms with van der Waals surface area (Å²) in [6.07, 6.45) is 1.03. The molecule has 1 N–H and O–H groups in total. The van der Waals surface area contributed by atoms with E-state index in [2.05, 4.69) is 16.5 Å². The van der Waals surface area contributed by atoms with Crippen molar-refractivity contribution in [3.05, 3.63) is 0 Å². The van der Waals surface area contributed by atoms with Gasteiger partial charge in [0.15, 0.2) is 5.25 Å². The molecule has 1 heterocycles. The molecular weight excluding hydrogens is 226 g/mol. The standard InChI is InChI=1S/C10H19N3O2S/c1-3-13-5-4-10(8-13)7-12-16(14,15)9(2)6-11/h9-10,12H,3-5,7-8H2,1-2H3. The van der Waals surface area contributed by atoms with Gasteiger partial charge in [0.1, 0.15) is 0 Å². The van der Waals surface area contributed by atoms with Gasteiger partial charge in [0.2, 0.25) is 10.0 Å². The van der Waals surface area contributed by atoms with Gasteiger partial charge in [-0.05, 0) is 32.4 Å². The monoisotopic (exact) mass is 245 g/mol. The molecule has 0 spiro atoms. The number of sulfonamides is 1. The van der Waals surface area contributed by atoms with Crippen molar-refractivity contribution in [2.75, 3.05) is 26.2 Å². The van der Waals surface area contributed by atoms with E-state index >= 15 is 0 Å². The molecule has 1 aliphatic rings. The quantitative estimate of drug-likeness (QED) is 0.749. The first-order chi connectivity index (χ1) is 7.49. The van der Waals surface area contributed by atoms with Gasteiger partial charge in [0, 0.05) is 13.1 Å². The van der Waals surface area contributed by atoms with Gasteiger partial charge < -0.3 is 4.90 Å². The fraction of sp³-hybridized carbons (Fsp3) is 0.900. The first-order valence-electron chi connectivity index (χ1n) is 5.60.